The first kappa shape index (κ1) is 11.8. The maximum atomic E-state index is 11.7. The molecule has 0 fully saturated rings. The number of benzene rings is 1. The highest BCUT2D eigenvalue weighted by Crippen LogP contribution is 2.08. The summed E-state index contributed by atoms with van der Waals surface area (Å²) in [5.41, 5.74) is 2.80. The minimum atomic E-state index is -0.115. The normalized spacial score (nSPS) is 10.2. The molecule has 1 aromatic heterocycles. The number of nitrogens with zero attached hydrogens (tertiary/aromatic N) is 1. The van der Waals surface area contributed by atoms with E-state index in [9.17, 15) is 4.79 Å². The summed E-state index contributed by atoms with van der Waals surface area (Å²) in [5, 5.41) is 5.55. The van der Waals surface area contributed by atoms with Crippen molar-refractivity contribution in [1.82, 2.24) is 10.3 Å². The Morgan fingerprint density at radius 2 is 2.24 bits per heavy atom. The second-order valence-electron chi connectivity index (χ2n) is 3.92. The fraction of sp³-hybridized carbons (Fsp3) is 0.231. The van der Waals surface area contributed by atoms with Crippen LogP contribution >= 0.6 is 11.3 Å². The van der Waals surface area contributed by atoms with Gasteiger partial charge in [0, 0.05) is 11.9 Å². The Hall–Kier alpha value is -1.68. The fourth-order valence-electron chi connectivity index (χ4n) is 1.56. The quantitative estimate of drug-likeness (QED) is 0.904. The summed E-state index contributed by atoms with van der Waals surface area (Å²) in [6.45, 7) is 4.47. The van der Waals surface area contributed by atoms with Gasteiger partial charge >= 0.3 is 0 Å². The number of carbonyl (C=O) groups is 1. The standard InChI is InChI=1S/C13H14N2OS/c1-9-4-3-5-11(6-9)7-14-13(16)12-8-17-10(2)15-12/h3-6,8H,7H2,1-2H3,(H,14,16). The molecule has 2 aromatic rings. The van der Waals surface area contributed by atoms with Gasteiger partial charge in [-0.3, -0.25) is 4.79 Å². The van der Waals surface area contributed by atoms with Crippen molar-refractivity contribution in [2.24, 2.45) is 0 Å². The van der Waals surface area contributed by atoms with E-state index in [4.69, 9.17) is 0 Å². The first-order valence-corrected chi connectivity index (χ1v) is 6.29. The van der Waals surface area contributed by atoms with Crippen LogP contribution in [-0.2, 0) is 6.54 Å². The predicted molar refractivity (Wildman–Crippen MR) is 69.2 cm³/mol. The Kier molecular flexibility index (Phi) is 3.54. The molecule has 4 heteroatoms. The monoisotopic (exact) mass is 246 g/mol. The topological polar surface area (TPSA) is 42.0 Å². The summed E-state index contributed by atoms with van der Waals surface area (Å²) in [5.74, 6) is -0.115. The van der Waals surface area contributed by atoms with Crippen molar-refractivity contribution >= 4 is 17.2 Å². The first-order chi connectivity index (χ1) is 8.15. The van der Waals surface area contributed by atoms with E-state index >= 15 is 0 Å². The van der Waals surface area contributed by atoms with Crippen LogP contribution in [0.3, 0.4) is 0 Å². The molecule has 0 aliphatic carbocycles. The number of hydrogen-bond acceptors (Lipinski definition) is 3. The average Bonchev–Trinajstić information content (AvgIpc) is 2.73. The molecule has 0 bridgehead atoms. The number of aryl methyl sites for hydroxylation is 2. The van der Waals surface area contributed by atoms with Crippen molar-refractivity contribution in [2.75, 3.05) is 0 Å². The van der Waals surface area contributed by atoms with Crippen LogP contribution in [-0.4, -0.2) is 10.9 Å². The van der Waals surface area contributed by atoms with Gasteiger partial charge in [-0.25, -0.2) is 4.98 Å². The van der Waals surface area contributed by atoms with E-state index in [0.717, 1.165) is 10.6 Å². The molecule has 88 valence electrons. The zero-order chi connectivity index (χ0) is 12.3. The summed E-state index contributed by atoms with van der Waals surface area (Å²) in [6.07, 6.45) is 0. The third kappa shape index (κ3) is 3.14. The molecule has 3 nitrogen and oxygen atoms in total. The number of hydrogen-bond donors (Lipinski definition) is 1. The summed E-state index contributed by atoms with van der Waals surface area (Å²) in [7, 11) is 0. The lowest BCUT2D eigenvalue weighted by Gasteiger charge is -2.04. The van der Waals surface area contributed by atoms with Crippen LogP contribution in [0.5, 0.6) is 0 Å². The lowest BCUT2D eigenvalue weighted by Crippen LogP contribution is -2.23. The summed E-state index contributed by atoms with van der Waals surface area (Å²) >= 11 is 1.48. The minimum absolute atomic E-state index is 0.115. The van der Waals surface area contributed by atoms with Crippen molar-refractivity contribution in [3.63, 3.8) is 0 Å². The van der Waals surface area contributed by atoms with Gasteiger partial charge in [-0.1, -0.05) is 29.8 Å². The second-order valence-corrected chi connectivity index (χ2v) is 4.99. The van der Waals surface area contributed by atoms with E-state index in [2.05, 4.69) is 16.4 Å². The Morgan fingerprint density at radius 3 is 2.88 bits per heavy atom. The third-order valence-corrected chi connectivity index (χ3v) is 3.16. The summed E-state index contributed by atoms with van der Waals surface area (Å²) in [6, 6.07) is 8.09. The van der Waals surface area contributed by atoms with E-state index in [0.29, 0.717) is 12.2 Å². The lowest BCUT2D eigenvalue weighted by molar-refractivity contribution is 0.0946. The van der Waals surface area contributed by atoms with Crippen LogP contribution in [0.2, 0.25) is 0 Å². The molecular weight excluding hydrogens is 232 g/mol. The number of carbonyl (C=O) groups excluding carboxylic acids is 1. The maximum Gasteiger partial charge on any atom is 0.271 e. The zero-order valence-corrected chi connectivity index (χ0v) is 10.7. The molecule has 0 radical (unpaired) electrons. The number of rotatable bonds is 3. The van der Waals surface area contributed by atoms with E-state index in [1.165, 1.54) is 16.9 Å². The van der Waals surface area contributed by atoms with Gasteiger partial charge in [-0.15, -0.1) is 11.3 Å². The van der Waals surface area contributed by atoms with Crippen LogP contribution in [0.15, 0.2) is 29.6 Å². The van der Waals surface area contributed by atoms with Crippen LogP contribution in [0, 0.1) is 13.8 Å². The second kappa shape index (κ2) is 5.10. The molecule has 0 spiro atoms. The number of nitrogens with one attached hydrogen (secondary N) is 1. The van der Waals surface area contributed by atoms with Crippen molar-refractivity contribution in [3.8, 4) is 0 Å². The molecule has 0 aliphatic rings. The lowest BCUT2D eigenvalue weighted by atomic mass is 10.1. The van der Waals surface area contributed by atoms with Gasteiger partial charge < -0.3 is 5.32 Å². The Morgan fingerprint density at radius 1 is 1.41 bits per heavy atom. The highest BCUT2D eigenvalue weighted by Gasteiger charge is 2.08. The van der Waals surface area contributed by atoms with Gasteiger partial charge in [-0.2, -0.15) is 0 Å². The van der Waals surface area contributed by atoms with E-state index in [1.54, 1.807) is 5.38 Å². The molecule has 1 N–H and O–H groups in total. The van der Waals surface area contributed by atoms with Gasteiger partial charge in [0.15, 0.2) is 0 Å². The Labute approximate surface area is 105 Å². The van der Waals surface area contributed by atoms with E-state index < -0.39 is 0 Å². The Bertz CT molecular complexity index is 534. The maximum absolute atomic E-state index is 11.7. The molecule has 1 aromatic carbocycles. The molecular formula is C13H14N2OS. The summed E-state index contributed by atoms with van der Waals surface area (Å²) < 4.78 is 0. The highest BCUT2D eigenvalue weighted by molar-refractivity contribution is 7.09. The molecule has 0 atom stereocenters. The van der Waals surface area contributed by atoms with Crippen molar-refractivity contribution < 1.29 is 4.79 Å². The van der Waals surface area contributed by atoms with Crippen molar-refractivity contribution in [3.05, 3.63) is 51.5 Å². The molecule has 1 heterocycles. The minimum Gasteiger partial charge on any atom is -0.347 e. The van der Waals surface area contributed by atoms with Crippen LogP contribution in [0.1, 0.15) is 26.6 Å². The fourth-order valence-corrected chi connectivity index (χ4v) is 2.16. The van der Waals surface area contributed by atoms with Crippen molar-refractivity contribution in [1.29, 1.82) is 0 Å². The number of thiazole rings is 1. The highest BCUT2D eigenvalue weighted by atomic mass is 32.1. The van der Waals surface area contributed by atoms with Crippen LogP contribution in [0.25, 0.3) is 0 Å². The molecule has 17 heavy (non-hydrogen) atoms. The number of amides is 1. The van der Waals surface area contributed by atoms with Crippen molar-refractivity contribution in [2.45, 2.75) is 20.4 Å². The van der Waals surface area contributed by atoms with Gasteiger partial charge in [0.2, 0.25) is 0 Å². The van der Waals surface area contributed by atoms with Crippen LogP contribution < -0.4 is 5.32 Å². The molecule has 0 saturated heterocycles. The Balaban J connectivity index is 1.97. The van der Waals surface area contributed by atoms with Gasteiger partial charge in [0.1, 0.15) is 5.69 Å². The predicted octanol–water partition coefficient (Wildman–Crippen LogP) is 2.69. The number of aromatic nitrogens is 1. The van der Waals surface area contributed by atoms with Gasteiger partial charge in [-0.05, 0) is 19.4 Å². The summed E-state index contributed by atoms with van der Waals surface area (Å²) in [4.78, 5) is 15.9. The molecule has 1 amide bonds. The molecule has 0 unspecified atom stereocenters. The van der Waals surface area contributed by atoms with Gasteiger partial charge in [0.25, 0.3) is 5.91 Å². The molecule has 0 aliphatic heterocycles. The zero-order valence-electron chi connectivity index (χ0n) is 9.86. The molecule has 0 saturated carbocycles. The first-order valence-electron chi connectivity index (χ1n) is 5.41. The van der Waals surface area contributed by atoms with E-state index in [-0.39, 0.29) is 5.91 Å². The largest absolute Gasteiger partial charge is 0.347 e. The van der Waals surface area contributed by atoms with E-state index in [1.807, 2.05) is 32.0 Å². The molecule has 2 rings (SSSR count). The SMILES string of the molecule is Cc1cccc(CNC(=O)c2csc(C)n2)c1. The smallest absolute Gasteiger partial charge is 0.271 e. The average molecular weight is 246 g/mol. The third-order valence-electron chi connectivity index (χ3n) is 2.39. The van der Waals surface area contributed by atoms with Gasteiger partial charge in [0.05, 0.1) is 5.01 Å². The van der Waals surface area contributed by atoms with Crippen LogP contribution in [0.4, 0.5) is 0 Å².